The van der Waals surface area contributed by atoms with Crippen LogP contribution in [-0.4, -0.2) is 27.1 Å². The second-order valence-electron chi connectivity index (χ2n) is 9.09. The fourth-order valence-electron chi connectivity index (χ4n) is 2.55. The Morgan fingerprint density at radius 2 is 1.59 bits per heavy atom. The van der Waals surface area contributed by atoms with Gasteiger partial charge in [0.25, 0.3) is 0 Å². The lowest BCUT2D eigenvalue weighted by Crippen LogP contribution is -2.48. The van der Waals surface area contributed by atoms with E-state index in [1.807, 2.05) is 13.8 Å². The molecule has 2 nitrogen and oxygen atoms in total. The van der Waals surface area contributed by atoms with Crippen LogP contribution in [0.3, 0.4) is 0 Å². The van der Waals surface area contributed by atoms with Crippen molar-refractivity contribution >= 4 is 24.2 Å². The van der Waals surface area contributed by atoms with Gasteiger partial charge < -0.3 is 4.43 Å². The molecule has 0 aliphatic heterocycles. The molecule has 7 heteroatoms. The molecular formula is C20H33BrF3NOSi. The monoisotopic (exact) mass is 467 g/mol. The van der Waals surface area contributed by atoms with Crippen molar-refractivity contribution in [3.63, 3.8) is 0 Å². The van der Waals surface area contributed by atoms with Gasteiger partial charge in [0, 0.05) is 17.1 Å². The maximum atomic E-state index is 13.8. The van der Waals surface area contributed by atoms with Crippen LogP contribution in [0.1, 0.15) is 52.6 Å². The fourth-order valence-corrected chi connectivity index (χ4v) is 3.86. The third-order valence-electron chi connectivity index (χ3n) is 5.14. The van der Waals surface area contributed by atoms with E-state index in [0.717, 1.165) is 4.47 Å². The normalized spacial score (nSPS) is 15.9. The van der Waals surface area contributed by atoms with Gasteiger partial charge in [-0.3, -0.25) is 5.32 Å². The highest BCUT2D eigenvalue weighted by Gasteiger charge is 2.43. The molecule has 0 unspecified atom stereocenters. The topological polar surface area (TPSA) is 21.3 Å². The van der Waals surface area contributed by atoms with Crippen LogP contribution in [0.2, 0.25) is 18.1 Å². The van der Waals surface area contributed by atoms with E-state index in [9.17, 15) is 13.2 Å². The van der Waals surface area contributed by atoms with Crippen LogP contribution in [0.5, 0.6) is 0 Å². The summed E-state index contributed by atoms with van der Waals surface area (Å²) in [5.41, 5.74) is 0.215. The first-order valence-corrected chi connectivity index (χ1v) is 13.1. The Hall–Kier alpha value is -0.373. The maximum absolute atomic E-state index is 13.8. The van der Waals surface area contributed by atoms with Crippen molar-refractivity contribution < 1.29 is 17.6 Å². The Morgan fingerprint density at radius 1 is 1.07 bits per heavy atom. The number of rotatable bonds is 8. The van der Waals surface area contributed by atoms with E-state index < -0.39 is 20.5 Å². The SMILES string of the molecule is CC(C)C[C@@H](CO[Si](C)(C)C(C)(C)C)N[C@@H](c1ccc(Br)cc1)C(F)(F)F. The highest BCUT2D eigenvalue weighted by Crippen LogP contribution is 2.37. The summed E-state index contributed by atoms with van der Waals surface area (Å²) < 4.78 is 48.3. The molecule has 0 aliphatic rings. The summed E-state index contributed by atoms with van der Waals surface area (Å²) >= 11 is 3.28. The van der Waals surface area contributed by atoms with Crippen LogP contribution in [0.15, 0.2) is 28.7 Å². The third kappa shape index (κ3) is 7.87. The molecule has 1 aromatic carbocycles. The highest BCUT2D eigenvalue weighted by molar-refractivity contribution is 9.10. The number of benzene rings is 1. The molecule has 1 rings (SSSR count). The van der Waals surface area contributed by atoms with E-state index >= 15 is 0 Å². The van der Waals surface area contributed by atoms with Crippen molar-refractivity contribution in [2.45, 2.75) is 77.4 Å². The zero-order valence-corrected chi connectivity index (χ0v) is 20.0. The second-order valence-corrected chi connectivity index (χ2v) is 14.8. The predicted molar refractivity (Wildman–Crippen MR) is 112 cm³/mol. The molecule has 1 aromatic rings. The molecule has 0 amide bonds. The largest absolute Gasteiger partial charge is 0.415 e. The minimum atomic E-state index is -4.37. The Kier molecular flexibility index (Phi) is 8.60. The van der Waals surface area contributed by atoms with E-state index in [1.54, 1.807) is 12.1 Å². The van der Waals surface area contributed by atoms with Crippen molar-refractivity contribution in [2.24, 2.45) is 5.92 Å². The predicted octanol–water partition coefficient (Wildman–Crippen LogP) is 7.08. The van der Waals surface area contributed by atoms with Crippen molar-refractivity contribution in [3.05, 3.63) is 34.3 Å². The standard InChI is InChI=1S/C20H33BrF3NOSi/c1-14(2)12-17(13-26-27(6,7)19(3,4)5)25-18(20(22,23)24)15-8-10-16(21)11-9-15/h8-11,14,17-18,25H,12-13H2,1-7H3/t17-,18-/m0/s1. The summed E-state index contributed by atoms with van der Waals surface area (Å²) in [6.45, 7) is 15.0. The molecule has 1 N–H and O–H groups in total. The molecule has 0 saturated heterocycles. The molecular weight excluding hydrogens is 435 g/mol. The van der Waals surface area contributed by atoms with Gasteiger partial charge in [-0.25, -0.2) is 0 Å². The molecule has 0 bridgehead atoms. The Balaban J connectivity index is 3.01. The number of hydrogen-bond acceptors (Lipinski definition) is 2. The highest BCUT2D eigenvalue weighted by atomic mass is 79.9. The zero-order valence-electron chi connectivity index (χ0n) is 17.4. The molecule has 2 atom stereocenters. The number of halogens is 4. The van der Waals surface area contributed by atoms with Crippen LogP contribution in [0.4, 0.5) is 13.2 Å². The molecule has 0 spiro atoms. The van der Waals surface area contributed by atoms with Gasteiger partial charge >= 0.3 is 6.18 Å². The molecule has 0 heterocycles. The van der Waals surface area contributed by atoms with E-state index in [4.69, 9.17) is 4.43 Å². The lowest BCUT2D eigenvalue weighted by molar-refractivity contribution is -0.160. The van der Waals surface area contributed by atoms with Gasteiger partial charge in [-0.2, -0.15) is 13.2 Å². The van der Waals surface area contributed by atoms with Gasteiger partial charge in [0.2, 0.25) is 0 Å². The van der Waals surface area contributed by atoms with E-state index in [-0.39, 0.29) is 29.2 Å². The summed E-state index contributed by atoms with van der Waals surface area (Å²) in [7, 11) is -2.03. The van der Waals surface area contributed by atoms with Crippen LogP contribution < -0.4 is 5.32 Å². The first kappa shape index (κ1) is 24.7. The molecule has 0 aliphatic carbocycles. The second kappa shape index (κ2) is 9.42. The quantitative estimate of drug-likeness (QED) is 0.412. The van der Waals surface area contributed by atoms with Gasteiger partial charge in [0.15, 0.2) is 8.32 Å². The number of hydrogen-bond donors (Lipinski definition) is 1. The summed E-state index contributed by atoms with van der Waals surface area (Å²) in [6, 6.07) is 4.22. The smallest absolute Gasteiger partial charge is 0.407 e. The summed E-state index contributed by atoms with van der Waals surface area (Å²) in [5.74, 6) is 0.268. The Labute approximate surface area is 171 Å². The van der Waals surface area contributed by atoms with E-state index in [2.05, 4.69) is 55.1 Å². The Morgan fingerprint density at radius 3 is 2.00 bits per heavy atom. The molecule has 0 radical (unpaired) electrons. The van der Waals surface area contributed by atoms with Crippen LogP contribution in [0.25, 0.3) is 0 Å². The number of alkyl halides is 3. The summed E-state index contributed by atoms with van der Waals surface area (Å²) in [5, 5.41) is 2.86. The molecule has 156 valence electrons. The maximum Gasteiger partial charge on any atom is 0.407 e. The van der Waals surface area contributed by atoms with Crippen LogP contribution in [-0.2, 0) is 4.43 Å². The zero-order chi connectivity index (χ0) is 21.0. The fraction of sp³-hybridized carbons (Fsp3) is 0.700. The minimum absolute atomic E-state index is 0.0184. The van der Waals surface area contributed by atoms with Gasteiger partial charge in [-0.05, 0) is 48.2 Å². The van der Waals surface area contributed by atoms with Crippen molar-refractivity contribution in [1.29, 1.82) is 0 Å². The van der Waals surface area contributed by atoms with Crippen LogP contribution >= 0.6 is 15.9 Å². The Bertz CT molecular complexity index is 582. The van der Waals surface area contributed by atoms with Gasteiger partial charge in [-0.1, -0.05) is 62.7 Å². The van der Waals surface area contributed by atoms with Crippen LogP contribution in [0, 0.1) is 5.92 Å². The molecule has 0 aromatic heterocycles. The summed E-state index contributed by atoms with van der Waals surface area (Å²) in [4.78, 5) is 0. The van der Waals surface area contributed by atoms with Crippen molar-refractivity contribution in [3.8, 4) is 0 Å². The summed E-state index contributed by atoms with van der Waals surface area (Å²) in [6.07, 6.45) is -3.75. The average molecular weight is 468 g/mol. The van der Waals surface area contributed by atoms with E-state index in [1.165, 1.54) is 12.1 Å². The third-order valence-corrected chi connectivity index (χ3v) is 10.2. The lowest BCUT2D eigenvalue weighted by atomic mass is 10.0. The van der Waals surface area contributed by atoms with Crippen molar-refractivity contribution in [1.82, 2.24) is 5.32 Å². The van der Waals surface area contributed by atoms with Gasteiger partial charge in [-0.15, -0.1) is 0 Å². The lowest BCUT2D eigenvalue weighted by Gasteiger charge is -2.38. The number of nitrogens with one attached hydrogen (secondary N) is 1. The first-order valence-electron chi connectivity index (χ1n) is 9.35. The van der Waals surface area contributed by atoms with Gasteiger partial charge in [0.1, 0.15) is 6.04 Å². The van der Waals surface area contributed by atoms with Crippen molar-refractivity contribution in [2.75, 3.05) is 6.61 Å². The molecule has 0 fully saturated rings. The molecule has 0 saturated carbocycles. The van der Waals surface area contributed by atoms with E-state index in [0.29, 0.717) is 6.42 Å². The van der Waals surface area contributed by atoms with Gasteiger partial charge in [0.05, 0.1) is 0 Å². The first-order chi connectivity index (χ1) is 12.1. The minimum Gasteiger partial charge on any atom is -0.415 e. The average Bonchev–Trinajstić information content (AvgIpc) is 2.48. The molecule has 27 heavy (non-hydrogen) atoms.